The van der Waals surface area contributed by atoms with Crippen molar-refractivity contribution in [1.82, 2.24) is 9.88 Å². The van der Waals surface area contributed by atoms with Crippen molar-refractivity contribution in [3.05, 3.63) is 47.0 Å². The van der Waals surface area contributed by atoms with Gasteiger partial charge in [-0.25, -0.2) is 4.98 Å². The maximum atomic E-state index is 11.0. The van der Waals surface area contributed by atoms with Gasteiger partial charge in [0.05, 0.1) is 5.69 Å². The molecule has 1 aromatic carbocycles. The lowest BCUT2D eigenvalue weighted by molar-refractivity contribution is -0.114. The smallest absolute Gasteiger partial charge is 0.223 e. The molecular weight excluding hydrogens is 355 g/mol. The van der Waals surface area contributed by atoms with E-state index < -0.39 is 0 Å². The summed E-state index contributed by atoms with van der Waals surface area (Å²) < 4.78 is 0. The molecule has 0 aliphatic rings. The van der Waals surface area contributed by atoms with E-state index in [0.29, 0.717) is 11.7 Å². The summed E-state index contributed by atoms with van der Waals surface area (Å²) in [6.07, 6.45) is 0. The van der Waals surface area contributed by atoms with Crippen LogP contribution in [0.4, 0.5) is 5.13 Å². The molecule has 0 atom stereocenters. The molecule has 0 aliphatic carbocycles. The molecule has 2 aromatic rings. The van der Waals surface area contributed by atoms with Crippen molar-refractivity contribution in [2.24, 2.45) is 5.73 Å². The lowest BCUT2D eigenvalue weighted by atomic mass is 10.2. The highest BCUT2D eigenvalue weighted by atomic mass is 35.5. The van der Waals surface area contributed by atoms with Crippen LogP contribution in [0.2, 0.25) is 0 Å². The molecule has 3 N–H and O–H groups in total. The maximum absolute atomic E-state index is 11.0. The number of nitrogens with one attached hydrogen (secondary N) is 1. The van der Waals surface area contributed by atoms with Crippen LogP contribution < -0.4 is 11.1 Å². The van der Waals surface area contributed by atoms with Crippen molar-refractivity contribution in [1.29, 1.82) is 0 Å². The predicted molar refractivity (Wildman–Crippen MR) is 101 cm³/mol. The average Bonchev–Trinajstić information content (AvgIpc) is 2.86. The third-order valence-corrected chi connectivity index (χ3v) is 3.72. The van der Waals surface area contributed by atoms with E-state index in [1.807, 2.05) is 23.6 Å². The number of hydrogen-bond acceptors (Lipinski definition) is 5. The van der Waals surface area contributed by atoms with Gasteiger partial charge in [-0.15, -0.1) is 36.2 Å². The maximum Gasteiger partial charge on any atom is 0.223 e. The molecule has 0 saturated heterocycles. The lowest BCUT2D eigenvalue weighted by Gasteiger charge is -2.20. The Morgan fingerprint density at radius 3 is 2.57 bits per heavy atom. The third kappa shape index (κ3) is 7.76. The first-order valence-corrected chi connectivity index (χ1v) is 7.73. The van der Waals surface area contributed by atoms with E-state index in [9.17, 15) is 4.79 Å². The average molecular weight is 377 g/mol. The number of anilines is 1. The minimum atomic E-state index is -0.0981. The second-order valence-electron chi connectivity index (χ2n) is 4.81. The summed E-state index contributed by atoms with van der Waals surface area (Å²) in [5.41, 5.74) is 7.90. The van der Waals surface area contributed by atoms with Crippen molar-refractivity contribution >= 4 is 47.2 Å². The molecule has 1 aromatic heterocycles. The number of hydrogen-bond donors (Lipinski definition) is 2. The third-order valence-electron chi connectivity index (χ3n) is 2.91. The fraction of sp³-hybridized carbons (Fsp3) is 0.333. The molecular formula is C15H22Cl2N4OS. The van der Waals surface area contributed by atoms with Crippen molar-refractivity contribution in [3.8, 4) is 0 Å². The van der Waals surface area contributed by atoms with E-state index in [1.165, 1.54) is 23.8 Å². The summed E-state index contributed by atoms with van der Waals surface area (Å²) in [7, 11) is 0. The predicted octanol–water partition coefficient (Wildman–Crippen LogP) is 2.91. The van der Waals surface area contributed by atoms with Crippen LogP contribution in [0.25, 0.3) is 0 Å². The van der Waals surface area contributed by atoms with E-state index in [4.69, 9.17) is 5.73 Å². The Hall–Kier alpha value is -1.18. The Kier molecular flexibility index (Phi) is 10.8. The van der Waals surface area contributed by atoms with Crippen LogP contribution in [0.3, 0.4) is 0 Å². The summed E-state index contributed by atoms with van der Waals surface area (Å²) in [6, 6.07) is 10.3. The highest BCUT2D eigenvalue weighted by molar-refractivity contribution is 7.13. The molecule has 23 heavy (non-hydrogen) atoms. The largest absolute Gasteiger partial charge is 0.329 e. The Balaban J connectivity index is 0.00000242. The van der Waals surface area contributed by atoms with Crippen LogP contribution in [-0.2, 0) is 17.9 Å². The molecule has 2 rings (SSSR count). The molecule has 1 heterocycles. The van der Waals surface area contributed by atoms with Gasteiger partial charge in [-0.2, -0.15) is 0 Å². The fourth-order valence-electron chi connectivity index (χ4n) is 2.05. The second kappa shape index (κ2) is 11.4. The summed E-state index contributed by atoms with van der Waals surface area (Å²) in [5.74, 6) is -0.0981. The van der Waals surface area contributed by atoms with Crippen molar-refractivity contribution in [2.75, 3.05) is 18.4 Å². The van der Waals surface area contributed by atoms with E-state index in [-0.39, 0.29) is 30.7 Å². The summed E-state index contributed by atoms with van der Waals surface area (Å²) in [5, 5.41) is 5.32. The van der Waals surface area contributed by atoms with Gasteiger partial charge < -0.3 is 11.1 Å². The van der Waals surface area contributed by atoms with Crippen LogP contribution in [0, 0.1) is 0 Å². The van der Waals surface area contributed by atoms with E-state index >= 15 is 0 Å². The van der Waals surface area contributed by atoms with Crippen LogP contribution in [0.1, 0.15) is 18.2 Å². The first-order chi connectivity index (χ1) is 10.2. The monoisotopic (exact) mass is 376 g/mol. The van der Waals surface area contributed by atoms with Gasteiger partial charge in [0, 0.05) is 38.5 Å². The Bertz CT molecular complexity index is 580. The molecule has 128 valence electrons. The zero-order valence-electron chi connectivity index (χ0n) is 12.9. The normalized spacial score (nSPS) is 9.87. The number of amides is 1. The fourth-order valence-corrected chi connectivity index (χ4v) is 2.80. The van der Waals surface area contributed by atoms with Gasteiger partial charge in [0.15, 0.2) is 5.13 Å². The summed E-state index contributed by atoms with van der Waals surface area (Å²) in [6.45, 7) is 4.46. The first kappa shape index (κ1) is 21.8. The molecule has 8 heteroatoms. The molecule has 0 unspecified atom stereocenters. The Labute approximate surface area is 153 Å². The molecule has 0 bridgehead atoms. The number of benzene rings is 1. The quantitative estimate of drug-likeness (QED) is 0.778. The second-order valence-corrected chi connectivity index (χ2v) is 5.67. The van der Waals surface area contributed by atoms with Crippen LogP contribution in [0.15, 0.2) is 35.7 Å². The Morgan fingerprint density at radius 2 is 1.96 bits per heavy atom. The van der Waals surface area contributed by atoms with E-state index in [1.54, 1.807) is 0 Å². The van der Waals surface area contributed by atoms with Crippen LogP contribution in [-0.4, -0.2) is 28.9 Å². The van der Waals surface area contributed by atoms with E-state index in [2.05, 4.69) is 27.3 Å². The number of thiazole rings is 1. The van der Waals surface area contributed by atoms with Gasteiger partial charge in [0.2, 0.25) is 5.91 Å². The highest BCUT2D eigenvalue weighted by Gasteiger charge is 2.10. The summed E-state index contributed by atoms with van der Waals surface area (Å²) >= 11 is 1.44. The van der Waals surface area contributed by atoms with Gasteiger partial charge in [0.1, 0.15) is 0 Å². The van der Waals surface area contributed by atoms with Crippen LogP contribution in [0.5, 0.6) is 0 Å². The lowest BCUT2D eigenvalue weighted by Crippen LogP contribution is -2.28. The van der Waals surface area contributed by atoms with Crippen molar-refractivity contribution in [3.63, 3.8) is 0 Å². The number of carbonyl (C=O) groups excluding carboxylic acids is 1. The molecule has 0 spiro atoms. The minimum Gasteiger partial charge on any atom is -0.329 e. The standard InChI is InChI=1S/C15H20N4OS.2ClH/c1-12(20)17-15-18-14(11-21-15)10-19(8-7-16)9-13-5-3-2-4-6-13;;/h2-6,11H,7-10,16H2,1H3,(H,17,18,20);2*1H. The van der Waals surface area contributed by atoms with Crippen molar-refractivity contribution < 1.29 is 4.79 Å². The Morgan fingerprint density at radius 1 is 1.26 bits per heavy atom. The van der Waals surface area contributed by atoms with Gasteiger partial charge in [-0.1, -0.05) is 30.3 Å². The van der Waals surface area contributed by atoms with Crippen molar-refractivity contribution in [2.45, 2.75) is 20.0 Å². The molecule has 0 saturated carbocycles. The van der Waals surface area contributed by atoms with Gasteiger partial charge in [-0.05, 0) is 5.56 Å². The zero-order valence-corrected chi connectivity index (χ0v) is 15.3. The highest BCUT2D eigenvalue weighted by Crippen LogP contribution is 2.17. The molecule has 0 aliphatic heterocycles. The number of nitrogens with zero attached hydrogens (tertiary/aromatic N) is 2. The van der Waals surface area contributed by atoms with Gasteiger partial charge in [-0.3, -0.25) is 9.69 Å². The zero-order chi connectivity index (χ0) is 15.1. The summed E-state index contributed by atoms with van der Waals surface area (Å²) in [4.78, 5) is 17.7. The number of rotatable bonds is 7. The molecule has 0 radical (unpaired) electrons. The molecule has 5 nitrogen and oxygen atoms in total. The van der Waals surface area contributed by atoms with E-state index in [0.717, 1.165) is 25.3 Å². The number of aromatic nitrogens is 1. The SMILES string of the molecule is CC(=O)Nc1nc(CN(CCN)Cc2ccccc2)cs1.Cl.Cl. The molecule has 0 fully saturated rings. The minimum absolute atomic E-state index is 0. The topological polar surface area (TPSA) is 71.2 Å². The molecule has 1 amide bonds. The van der Waals surface area contributed by atoms with Gasteiger partial charge in [0.25, 0.3) is 0 Å². The van der Waals surface area contributed by atoms with Crippen LogP contribution >= 0.6 is 36.2 Å². The first-order valence-electron chi connectivity index (χ1n) is 6.85. The van der Waals surface area contributed by atoms with Gasteiger partial charge >= 0.3 is 0 Å². The number of nitrogens with two attached hydrogens (primary N) is 1. The number of halogens is 2. The number of carbonyl (C=O) groups is 1.